The zero-order valence-corrected chi connectivity index (χ0v) is 13.7. The first-order valence-corrected chi connectivity index (χ1v) is 8.16. The molecule has 3 rings (SSSR count). The Morgan fingerprint density at radius 1 is 1.09 bits per heavy atom. The van der Waals surface area contributed by atoms with Gasteiger partial charge in [0.1, 0.15) is 5.82 Å². The summed E-state index contributed by atoms with van der Waals surface area (Å²) in [6.07, 6.45) is 3.54. The van der Waals surface area contributed by atoms with Crippen molar-refractivity contribution in [3.8, 4) is 0 Å². The molecule has 0 saturated heterocycles. The van der Waals surface area contributed by atoms with Gasteiger partial charge in [-0.15, -0.1) is 0 Å². The fourth-order valence-electron chi connectivity index (χ4n) is 3.52. The van der Waals surface area contributed by atoms with Gasteiger partial charge < -0.3 is 5.32 Å². The zero-order valence-electron chi connectivity index (χ0n) is 13.7. The van der Waals surface area contributed by atoms with Gasteiger partial charge in [0.2, 0.25) is 5.91 Å². The van der Waals surface area contributed by atoms with Gasteiger partial charge in [-0.1, -0.05) is 37.1 Å². The molecule has 3 heteroatoms. The lowest BCUT2D eigenvalue weighted by Gasteiger charge is -2.29. The van der Waals surface area contributed by atoms with E-state index in [1.807, 2.05) is 38.1 Å². The molecule has 0 unspecified atom stereocenters. The third-order valence-electron chi connectivity index (χ3n) is 4.91. The minimum absolute atomic E-state index is 0.0192. The van der Waals surface area contributed by atoms with Gasteiger partial charge in [-0.05, 0) is 61.6 Å². The van der Waals surface area contributed by atoms with E-state index >= 15 is 0 Å². The quantitative estimate of drug-likeness (QED) is 0.859. The molecule has 0 spiro atoms. The van der Waals surface area contributed by atoms with Gasteiger partial charge in [-0.25, -0.2) is 4.39 Å². The number of rotatable bonds is 3. The summed E-state index contributed by atoms with van der Waals surface area (Å²) in [7, 11) is 0. The lowest BCUT2D eigenvalue weighted by molar-refractivity contribution is -0.121. The Labute approximate surface area is 136 Å². The Morgan fingerprint density at radius 2 is 1.83 bits per heavy atom. The highest BCUT2D eigenvalue weighted by Gasteiger charge is 2.42. The average molecular weight is 311 g/mol. The van der Waals surface area contributed by atoms with Crippen LogP contribution in [0.3, 0.4) is 0 Å². The van der Waals surface area contributed by atoms with Crippen molar-refractivity contribution in [2.75, 3.05) is 5.32 Å². The molecule has 120 valence electrons. The van der Waals surface area contributed by atoms with Gasteiger partial charge in [0.05, 0.1) is 5.41 Å². The Balaban J connectivity index is 1.95. The first-order chi connectivity index (χ1) is 11.0. The Hall–Kier alpha value is -2.16. The van der Waals surface area contributed by atoms with Crippen molar-refractivity contribution in [2.24, 2.45) is 0 Å². The van der Waals surface area contributed by atoms with E-state index < -0.39 is 5.41 Å². The molecule has 1 saturated carbocycles. The highest BCUT2D eigenvalue weighted by atomic mass is 19.1. The lowest BCUT2D eigenvalue weighted by Crippen LogP contribution is -2.38. The molecule has 1 amide bonds. The molecular weight excluding hydrogens is 289 g/mol. The second-order valence-electron chi connectivity index (χ2n) is 6.57. The van der Waals surface area contributed by atoms with Crippen LogP contribution in [0.25, 0.3) is 0 Å². The summed E-state index contributed by atoms with van der Waals surface area (Å²) in [6.45, 7) is 3.99. The van der Waals surface area contributed by atoms with Gasteiger partial charge in [0, 0.05) is 5.69 Å². The monoisotopic (exact) mass is 311 g/mol. The van der Waals surface area contributed by atoms with Crippen LogP contribution in [0, 0.1) is 19.7 Å². The van der Waals surface area contributed by atoms with E-state index in [1.54, 1.807) is 6.07 Å². The van der Waals surface area contributed by atoms with Crippen molar-refractivity contribution in [3.63, 3.8) is 0 Å². The SMILES string of the molecule is Cc1ccc(C)c(NC(=O)C2(c3cccc(F)c3)CCCC2)c1. The van der Waals surface area contributed by atoms with Crippen molar-refractivity contribution >= 4 is 11.6 Å². The Kier molecular flexibility index (Phi) is 4.20. The van der Waals surface area contributed by atoms with Crippen LogP contribution in [0.15, 0.2) is 42.5 Å². The van der Waals surface area contributed by atoms with E-state index in [0.717, 1.165) is 48.1 Å². The number of amides is 1. The summed E-state index contributed by atoms with van der Waals surface area (Å²) in [5, 5.41) is 3.09. The number of hydrogen-bond acceptors (Lipinski definition) is 1. The molecule has 2 nitrogen and oxygen atoms in total. The van der Waals surface area contributed by atoms with Crippen LogP contribution in [-0.2, 0) is 10.2 Å². The van der Waals surface area contributed by atoms with Gasteiger partial charge >= 0.3 is 0 Å². The predicted octanol–water partition coefficient (Wildman–Crippen LogP) is 4.89. The molecule has 0 aromatic heterocycles. The Bertz CT molecular complexity index is 732. The third-order valence-corrected chi connectivity index (χ3v) is 4.91. The number of carbonyl (C=O) groups excluding carboxylic acids is 1. The first-order valence-electron chi connectivity index (χ1n) is 8.16. The summed E-state index contributed by atoms with van der Waals surface area (Å²) in [6, 6.07) is 12.5. The highest BCUT2D eigenvalue weighted by Crippen LogP contribution is 2.42. The number of aryl methyl sites for hydroxylation is 2. The number of carbonyl (C=O) groups is 1. The van der Waals surface area contributed by atoms with Gasteiger partial charge in [-0.3, -0.25) is 4.79 Å². The number of hydrogen-bond donors (Lipinski definition) is 1. The maximum absolute atomic E-state index is 13.7. The van der Waals surface area contributed by atoms with E-state index in [0.29, 0.717) is 0 Å². The third kappa shape index (κ3) is 3.00. The summed E-state index contributed by atoms with van der Waals surface area (Å²) >= 11 is 0. The van der Waals surface area contributed by atoms with Crippen molar-refractivity contribution in [3.05, 3.63) is 65.0 Å². The summed E-state index contributed by atoms with van der Waals surface area (Å²) in [5.41, 5.74) is 3.17. The first kappa shape index (κ1) is 15.7. The maximum Gasteiger partial charge on any atom is 0.235 e. The molecule has 1 fully saturated rings. The molecule has 0 heterocycles. The summed E-state index contributed by atoms with van der Waals surface area (Å²) in [4.78, 5) is 13.1. The van der Waals surface area contributed by atoms with Crippen molar-refractivity contribution < 1.29 is 9.18 Å². The molecule has 23 heavy (non-hydrogen) atoms. The van der Waals surface area contributed by atoms with Gasteiger partial charge in [0.25, 0.3) is 0 Å². The fourth-order valence-corrected chi connectivity index (χ4v) is 3.52. The van der Waals surface area contributed by atoms with E-state index in [4.69, 9.17) is 0 Å². The summed E-state index contributed by atoms with van der Waals surface area (Å²) < 4.78 is 13.7. The molecule has 1 N–H and O–H groups in total. The van der Waals surface area contributed by atoms with Crippen LogP contribution in [0.5, 0.6) is 0 Å². The molecule has 1 aliphatic rings. The van der Waals surface area contributed by atoms with Crippen LogP contribution in [-0.4, -0.2) is 5.91 Å². The lowest BCUT2D eigenvalue weighted by atomic mass is 9.78. The predicted molar refractivity (Wildman–Crippen MR) is 91.1 cm³/mol. The second-order valence-corrected chi connectivity index (χ2v) is 6.57. The number of halogens is 1. The topological polar surface area (TPSA) is 29.1 Å². The van der Waals surface area contributed by atoms with E-state index in [-0.39, 0.29) is 11.7 Å². The summed E-state index contributed by atoms with van der Waals surface area (Å²) in [5.74, 6) is -0.303. The number of anilines is 1. The standard InChI is InChI=1S/C20H22FNO/c1-14-8-9-15(2)18(12-14)22-19(23)20(10-3-4-11-20)16-6-5-7-17(21)13-16/h5-9,12-13H,3-4,10-11H2,1-2H3,(H,22,23). The second kappa shape index (κ2) is 6.15. The maximum atomic E-state index is 13.7. The normalized spacial score (nSPS) is 16.3. The molecule has 1 aliphatic carbocycles. The van der Waals surface area contributed by atoms with Gasteiger partial charge in [-0.2, -0.15) is 0 Å². The van der Waals surface area contributed by atoms with Crippen LogP contribution in [0.4, 0.5) is 10.1 Å². The van der Waals surface area contributed by atoms with Crippen LogP contribution in [0.2, 0.25) is 0 Å². The van der Waals surface area contributed by atoms with E-state index in [2.05, 4.69) is 5.32 Å². The zero-order chi connectivity index (χ0) is 16.4. The minimum Gasteiger partial charge on any atom is -0.325 e. The smallest absolute Gasteiger partial charge is 0.235 e. The number of benzene rings is 2. The van der Waals surface area contributed by atoms with Gasteiger partial charge in [0.15, 0.2) is 0 Å². The largest absolute Gasteiger partial charge is 0.325 e. The van der Waals surface area contributed by atoms with Crippen LogP contribution >= 0.6 is 0 Å². The van der Waals surface area contributed by atoms with E-state index in [9.17, 15) is 9.18 Å². The molecular formula is C20H22FNO. The highest BCUT2D eigenvalue weighted by molar-refractivity contribution is 6.00. The van der Waals surface area contributed by atoms with Crippen molar-refractivity contribution in [2.45, 2.75) is 44.9 Å². The molecule has 0 atom stereocenters. The minimum atomic E-state index is -0.613. The fraction of sp³-hybridized carbons (Fsp3) is 0.350. The number of nitrogens with one attached hydrogen (secondary N) is 1. The molecule has 2 aromatic rings. The molecule has 0 bridgehead atoms. The van der Waals surface area contributed by atoms with Crippen molar-refractivity contribution in [1.82, 2.24) is 0 Å². The molecule has 0 radical (unpaired) electrons. The van der Waals surface area contributed by atoms with Crippen LogP contribution < -0.4 is 5.32 Å². The molecule has 0 aliphatic heterocycles. The molecule has 2 aromatic carbocycles. The van der Waals surface area contributed by atoms with Crippen molar-refractivity contribution in [1.29, 1.82) is 0 Å². The average Bonchev–Trinajstić information content (AvgIpc) is 3.02. The van der Waals surface area contributed by atoms with Crippen LogP contribution in [0.1, 0.15) is 42.4 Å². The Morgan fingerprint density at radius 3 is 2.52 bits per heavy atom. The van der Waals surface area contributed by atoms with E-state index in [1.165, 1.54) is 12.1 Å².